The summed E-state index contributed by atoms with van der Waals surface area (Å²) in [4.78, 5) is 12.0. The molecular formula is C15H19ClFN5O. The highest BCUT2D eigenvalue weighted by atomic mass is 35.5. The first kappa shape index (κ1) is 17.4. The van der Waals surface area contributed by atoms with Crippen LogP contribution in [0.3, 0.4) is 0 Å². The number of nitrogens with one attached hydrogen (secondary N) is 2. The quantitative estimate of drug-likeness (QED) is 0.862. The molecule has 1 aliphatic heterocycles. The number of benzene rings is 1. The number of nitrogens with zero attached hydrogens (tertiary/aromatic N) is 3. The Hall–Kier alpha value is -1.99. The number of hydrogen-bond acceptors (Lipinski definition) is 4. The van der Waals surface area contributed by atoms with Gasteiger partial charge in [-0.05, 0) is 12.0 Å². The van der Waals surface area contributed by atoms with E-state index in [-0.39, 0.29) is 30.0 Å². The topological polar surface area (TPSA) is 71.8 Å². The molecule has 6 nitrogen and oxygen atoms in total. The highest BCUT2D eigenvalue weighted by Crippen LogP contribution is 2.11. The van der Waals surface area contributed by atoms with Gasteiger partial charge in [-0.1, -0.05) is 35.5 Å². The summed E-state index contributed by atoms with van der Waals surface area (Å²) in [5.41, 5.74) is 1.29. The molecule has 2 atom stereocenters. The molecule has 1 aliphatic rings. The summed E-state index contributed by atoms with van der Waals surface area (Å²) in [7, 11) is 0. The summed E-state index contributed by atoms with van der Waals surface area (Å²) < 4.78 is 14.7. The average Bonchev–Trinajstić information content (AvgIpc) is 3.16. The largest absolute Gasteiger partial charge is 0.347 e. The summed E-state index contributed by atoms with van der Waals surface area (Å²) in [5, 5.41) is 13.7. The van der Waals surface area contributed by atoms with Crippen molar-refractivity contribution in [2.24, 2.45) is 0 Å². The summed E-state index contributed by atoms with van der Waals surface area (Å²) in [6.07, 6.45) is 1.25. The molecule has 23 heavy (non-hydrogen) atoms. The predicted octanol–water partition coefficient (Wildman–Crippen LogP) is 1.33. The van der Waals surface area contributed by atoms with Crippen molar-refractivity contribution >= 4 is 18.3 Å². The lowest BCUT2D eigenvalue weighted by molar-refractivity contribution is 0.0946. The van der Waals surface area contributed by atoms with Gasteiger partial charge in [0.25, 0.3) is 5.91 Å². The maximum absolute atomic E-state index is 13.1. The summed E-state index contributed by atoms with van der Waals surface area (Å²) in [6.45, 7) is 1.34. The summed E-state index contributed by atoms with van der Waals surface area (Å²) in [6, 6.07) is 9.69. The van der Waals surface area contributed by atoms with Crippen LogP contribution in [0.5, 0.6) is 0 Å². The van der Waals surface area contributed by atoms with E-state index in [4.69, 9.17) is 0 Å². The van der Waals surface area contributed by atoms with Gasteiger partial charge in [0.05, 0.1) is 12.7 Å². The second-order valence-corrected chi connectivity index (χ2v) is 5.43. The fourth-order valence-electron chi connectivity index (χ4n) is 2.50. The van der Waals surface area contributed by atoms with Gasteiger partial charge >= 0.3 is 0 Å². The Morgan fingerprint density at radius 1 is 1.39 bits per heavy atom. The number of aromatic nitrogens is 3. The average molecular weight is 340 g/mol. The minimum absolute atomic E-state index is 0. The zero-order valence-electron chi connectivity index (χ0n) is 12.5. The van der Waals surface area contributed by atoms with Crippen LogP contribution < -0.4 is 10.6 Å². The lowest BCUT2D eigenvalue weighted by Gasteiger charge is -2.08. The van der Waals surface area contributed by atoms with E-state index in [9.17, 15) is 9.18 Å². The Morgan fingerprint density at radius 2 is 2.17 bits per heavy atom. The number of alkyl halides is 1. The van der Waals surface area contributed by atoms with E-state index in [1.807, 2.05) is 30.3 Å². The molecule has 2 N–H and O–H groups in total. The smallest absolute Gasteiger partial charge is 0.273 e. The van der Waals surface area contributed by atoms with E-state index < -0.39 is 6.17 Å². The molecule has 8 heteroatoms. The summed E-state index contributed by atoms with van der Waals surface area (Å²) >= 11 is 0. The van der Waals surface area contributed by atoms with Crippen molar-refractivity contribution in [3.05, 3.63) is 47.8 Å². The Kier molecular flexibility index (Phi) is 6.06. The molecule has 1 fully saturated rings. The minimum atomic E-state index is -0.804. The number of amides is 1. The Labute approximate surface area is 139 Å². The molecule has 3 rings (SSSR count). The van der Waals surface area contributed by atoms with Crippen LogP contribution >= 0.6 is 12.4 Å². The van der Waals surface area contributed by atoms with Crippen molar-refractivity contribution in [2.75, 3.05) is 6.54 Å². The Balaban J connectivity index is 0.00000192. The van der Waals surface area contributed by atoms with Gasteiger partial charge in [-0.3, -0.25) is 9.48 Å². The molecule has 2 unspecified atom stereocenters. The van der Waals surface area contributed by atoms with Crippen LogP contribution in [0.2, 0.25) is 0 Å². The van der Waals surface area contributed by atoms with Crippen LogP contribution in [-0.4, -0.2) is 39.7 Å². The van der Waals surface area contributed by atoms with Crippen molar-refractivity contribution in [1.82, 2.24) is 25.6 Å². The van der Waals surface area contributed by atoms with Crippen molar-refractivity contribution in [1.29, 1.82) is 0 Å². The number of halogens is 2. The third kappa shape index (κ3) is 4.74. The first-order valence-electron chi connectivity index (χ1n) is 7.30. The van der Waals surface area contributed by atoms with Gasteiger partial charge in [0.15, 0.2) is 5.69 Å². The molecule has 0 saturated carbocycles. The lowest BCUT2D eigenvalue weighted by atomic mass is 10.2. The van der Waals surface area contributed by atoms with Crippen LogP contribution in [0.25, 0.3) is 0 Å². The number of carbonyl (C=O) groups is 1. The van der Waals surface area contributed by atoms with Crippen LogP contribution in [-0.2, 0) is 13.1 Å². The van der Waals surface area contributed by atoms with E-state index in [2.05, 4.69) is 20.9 Å². The molecule has 0 spiro atoms. The molecule has 1 aromatic carbocycles. The van der Waals surface area contributed by atoms with Crippen LogP contribution in [0.4, 0.5) is 4.39 Å². The van der Waals surface area contributed by atoms with E-state index in [1.54, 1.807) is 10.9 Å². The predicted molar refractivity (Wildman–Crippen MR) is 86.2 cm³/mol. The molecule has 1 aromatic heterocycles. The molecule has 2 heterocycles. The maximum Gasteiger partial charge on any atom is 0.273 e. The Bertz CT molecular complexity index is 636. The van der Waals surface area contributed by atoms with Crippen molar-refractivity contribution in [3.63, 3.8) is 0 Å². The summed E-state index contributed by atoms with van der Waals surface area (Å²) in [5.74, 6) is -0.266. The van der Waals surface area contributed by atoms with Crippen LogP contribution in [0.15, 0.2) is 36.5 Å². The van der Waals surface area contributed by atoms with E-state index in [0.29, 0.717) is 26.1 Å². The second-order valence-electron chi connectivity index (χ2n) is 5.43. The molecule has 1 saturated heterocycles. The van der Waals surface area contributed by atoms with Gasteiger partial charge in [0, 0.05) is 19.1 Å². The van der Waals surface area contributed by atoms with Crippen LogP contribution in [0.1, 0.15) is 22.5 Å². The maximum atomic E-state index is 13.1. The molecule has 0 bridgehead atoms. The molecule has 0 aliphatic carbocycles. The molecular weight excluding hydrogens is 321 g/mol. The van der Waals surface area contributed by atoms with Crippen molar-refractivity contribution in [2.45, 2.75) is 31.7 Å². The second kappa shape index (κ2) is 8.03. The van der Waals surface area contributed by atoms with Gasteiger partial charge in [-0.2, -0.15) is 0 Å². The molecule has 124 valence electrons. The van der Waals surface area contributed by atoms with Crippen molar-refractivity contribution in [3.8, 4) is 0 Å². The minimum Gasteiger partial charge on any atom is -0.347 e. The number of rotatable bonds is 5. The van der Waals surface area contributed by atoms with Gasteiger partial charge in [0.1, 0.15) is 6.17 Å². The third-order valence-corrected chi connectivity index (χ3v) is 3.64. The van der Waals surface area contributed by atoms with Crippen molar-refractivity contribution < 1.29 is 9.18 Å². The monoisotopic (exact) mass is 339 g/mol. The molecule has 1 amide bonds. The zero-order valence-corrected chi connectivity index (χ0v) is 13.3. The normalized spacial score (nSPS) is 20.0. The highest BCUT2D eigenvalue weighted by molar-refractivity contribution is 5.91. The van der Waals surface area contributed by atoms with E-state index >= 15 is 0 Å². The van der Waals surface area contributed by atoms with Crippen LogP contribution in [0, 0.1) is 0 Å². The third-order valence-electron chi connectivity index (χ3n) is 3.64. The fraction of sp³-hybridized carbons (Fsp3) is 0.400. The van der Waals surface area contributed by atoms with Gasteiger partial charge in [-0.25, -0.2) is 4.39 Å². The fourth-order valence-corrected chi connectivity index (χ4v) is 2.50. The first-order valence-corrected chi connectivity index (χ1v) is 7.30. The van der Waals surface area contributed by atoms with E-state index in [1.165, 1.54) is 0 Å². The lowest BCUT2D eigenvalue weighted by Crippen LogP contribution is -2.27. The molecule has 2 aromatic rings. The van der Waals surface area contributed by atoms with Gasteiger partial charge in [-0.15, -0.1) is 17.5 Å². The SMILES string of the molecule is Cl.O=C(NCc1ccccc1)c1cn(CC2CC(F)CN2)nn1. The Morgan fingerprint density at radius 3 is 2.87 bits per heavy atom. The highest BCUT2D eigenvalue weighted by Gasteiger charge is 2.24. The van der Waals surface area contributed by atoms with Gasteiger partial charge < -0.3 is 10.6 Å². The first-order chi connectivity index (χ1) is 10.7. The molecule has 0 radical (unpaired) electrons. The zero-order chi connectivity index (χ0) is 15.4. The number of hydrogen-bond donors (Lipinski definition) is 2. The number of carbonyl (C=O) groups excluding carboxylic acids is 1. The van der Waals surface area contributed by atoms with E-state index in [0.717, 1.165) is 5.56 Å². The van der Waals surface area contributed by atoms with Gasteiger partial charge in [0.2, 0.25) is 0 Å². The standard InChI is InChI=1S/C15H18FN5O.ClH/c16-12-6-13(17-8-12)9-21-10-14(19-20-21)15(22)18-7-11-4-2-1-3-5-11;/h1-5,10,12-13,17H,6-9H2,(H,18,22);1H.